The van der Waals surface area contributed by atoms with Crippen molar-refractivity contribution in [3.63, 3.8) is 0 Å². The Morgan fingerprint density at radius 3 is 1.03 bits per heavy atom. The Bertz CT molecular complexity index is 1580. The zero-order valence-electron chi connectivity index (χ0n) is 15.9. The van der Waals surface area contributed by atoms with E-state index in [1.165, 1.54) is 0 Å². The minimum Gasteiger partial charge on any atom is -0.399 e. The van der Waals surface area contributed by atoms with Gasteiger partial charge in [0.2, 0.25) is 0 Å². The molecule has 6 nitrogen and oxygen atoms in total. The summed E-state index contributed by atoms with van der Waals surface area (Å²) in [5, 5.41) is 6.65. The van der Waals surface area contributed by atoms with Crippen LogP contribution in [0, 0.1) is 0 Å². The normalized spacial score (nSPS) is 12.4. The quantitative estimate of drug-likeness (QED) is 0.196. The fourth-order valence-electron chi connectivity index (χ4n) is 4.97. The fraction of sp³-hybridized carbons (Fsp3) is 0. The predicted molar refractivity (Wildman–Crippen MR) is 128 cm³/mol. The molecule has 0 aliphatic carbocycles. The van der Waals surface area contributed by atoms with Crippen LogP contribution in [-0.2, 0) is 0 Å². The maximum Gasteiger partial charge on any atom is 0.0588 e. The van der Waals surface area contributed by atoms with Crippen LogP contribution < -0.4 is 17.2 Å². The molecule has 3 heterocycles. The van der Waals surface area contributed by atoms with Gasteiger partial charge in [0.25, 0.3) is 0 Å². The molecule has 7 rings (SSSR count). The highest BCUT2D eigenvalue weighted by molar-refractivity contribution is 6.38. The van der Waals surface area contributed by atoms with Gasteiger partial charge in [-0.3, -0.25) is 0 Å². The summed E-state index contributed by atoms with van der Waals surface area (Å²) >= 11 is 0. The van der Waals surface area contributed by atoms with Crippen molar-refractivity contribution in [3.05, 3.63) is 54.6 Å². The average molecular weight is 390 g/mol. The summed E-state index contributed by atoms with van der Waals surface area (Å²) in [7, 11) is 0. The van der Waals surface area contributed by atoms with E-state index in [0.717, 1.165) is 82.5 Å². The van der Waals surface area contributed by atoms with Gasteiger partial charge in [-0.25, -0.2) is 0 Å². The number of nitrogens with one attached hydrogen (secondary N) is 3. The van der Waals surface area contributed by atoms with Crippen LogP contribution in [0.15, 0.2) is 54.6 Å². The average Bonchev–Trinajstić information content (AvgIpc) is 3.38. The van der Waals surface area contributed by atoms with E-state index >= 15 is 0 Å². The molecule has 3 aromatic heterocycles. The van der Waals surface area contributed by atoms with Gasteiger partial charge in [0.1, 0.15) is 0 Å². The number of aromatic amines is 3. The van der Waals surface area contributed by atoms with E-state index in [9.17, 15) is 0 Å². The number of nitrogen functional groups attached to an aromatic ring is 3. The summed E-state index contributed by atoms with van der Waals surface area (Å²) in [6, 6.07) is 18.0. The lowest BCUT2D eigenvalue weighted by atomic mass is 10.0. The first kappa shape index (κ1) is 15.6. The van der Waals surface area contributed by atoms with Crippen molar-refractivity contribution in [2.75, 3.05) is 17.2 Å². The van der Waals surface area contributed by atoms with Crippen molar-refractivity contribution in [2.24, 2.45) is 0 Å². The Hall–Kier alpha value is -4.32. The molecule has 0 saturated carbocycles. The molecule has 4 aromatic carbocycles. The number of fused-ring (bicyclic) bond motifs is 12. The summed E-state index contributed by atoms with van der Waals surface area (Å²) in [5.74, 6) is 0. The van der Waals surface area contributed by atoms with Gasteiger partial charge in [-0.1, -0.05) is 0 Å². The molecule has 7 aromatic rings. The summed E-state index contributed by atoms with van der Waals surface area (Å²) in [6.07, 6.45) is 0. The summed E-state index contributed by atoms with van der Waals surface area (Å²) < 4.78 is 0. The highest BCUT2D eigenvalue weighted by atomic mass is 14.8. The van der Waals surface area contributed by atoms with Crippen LogP contribution in [0.4, 0.5) is 17.1 Å². The Morgan fingerprint density at radius 1 is 0.433 bits per heavy atom. The van der Waals surface area contributed by atoms with Gasteiger partial charge >= 0.3 is 0 Å². The van der Waals surface area contributed by atoms with Crippen molar-refractivity contribution in [1.29, 1.82) is 0 Å². The topological polar surface area (TPSA) is 125 Å². The van der Waals surface area contributed by atoms with Crippen molar-refractivity contribution in [2.45, 2.75) is 0 Å². The number of anilines is 3. The molecule has 0 bridgehead atoms. The lowest BCUT2D eigenvalue weighted by Crippen LogP contribution is -1.83. The zero-order chi connectivity index (χ0) is 20.1. The number of H-pyrrole nitrogens is 3. The van der Waals surface area contributed by atoms with E-state index in [0.29, 0.717) is 0 Å². The smallest absolute Gasteiger partial charge is 0.0588 e. The summed E-state index contributed by atoms with van der Waals surface area (Å²) in [5.41, 5.74) is 27.0. The number of nitrogens with two attached hydrogens (primary N) is 3. The van der Waals surface area contributed by atoms with Gasteiger partial charge in [-0.15, -0.1) is 0 Å². The van der Waals surface area contributed by atoms with E-state index in [-0.39, 0.29) is 0 Å². The molecule has 144 valence electrons. The summed E-state index contributed by atoms with van der Waals surface area (Å²) in [4.78, 5) is 10.9. The van der Waals surface area contributed by atoms with Crippen LogP contribution in [0.1, 0.15) is 0 Å². The largest absolute Gasteiger partial charge is 0.399 e. The molecule has 0 aliphatic heterocycles. The highest BCUT2D eigenvalue weighted by Crippen LogP contribution is 2.44. The van der Waals surface area contributed by atoms with E-state index in [1.807, 2.05) is 54.6 Å². The molecule has 0 spiro atoms. The lowest BCUT2D eigenvalue weighted by molar-refractivity contribution is 1.54. The van der Waals surface area contributed by atoms with Crippen molar-refractivity contribution < 1.29 is 0 Å². The van der Waals surface area contributed by atoms with Crippen LogP contribution in [0.5, 0.6) is 0 Å². The first-order chi connectivity index (χ1) is 14.6. The molecule has 0 amide bonds. The second-order valence-electron chi connectivity index (χ2n) is 8.04. The van der Waals surface area contributed by atoms with E-state index in [1.54, 1.807) is 0 Å². The van der Waals surface area contributed by atoms with E-state index in [4.69, 9.17) is 17.2 Å². The number of hydrogen-bond acceptors (Lipinski definition) is 3. The number of benzene rings is 4. The van der Waals surface area contributed by atoms with Gasteiger partial charge < -0.3 is 32.2 Å². The molecule has 0 unspecified atom stereocenters. The first-order valence-corrected chi connectivity index (χ1v) is 9.83. The number of rotatable bonds is 0. The Balaban J connectivity index is 1.90. The highest BCUT2D eigenvalue weighted by Gasteiger charge is 2.21. The van der Waals surface area contributed by atoms with E-state index in [2.05, 4.69) is 15.0 Å². The third-order valence-corrected chi connectivity index (χ3v) is 6.22. The number of hydrogen-bond donors (Lipinski definition) is 6. The second kappa shape index (κ2) is 4.99. The molecule has 9 N–H and O–H groups in total. The molecule has 0 atom stereocenters. The zero-order valence-corrected chi connectivity index (χ0v) is 15.9. The minimum absolute atomic E-state index is 0.736. The standard InChI is InChI=1S/C24H18N6/c25-10-1-4-16-13(7-10)19-22(28-16)20-14-8-11(26)2-5-17(14)30-24(20)21-15-9-12(27)3-6-18(15)29-23(19)21/h1-9,28-30H,25-27H2. The van der Waals surface area contributed by atoms with Crippen LogP contribution in [0.2, 0.25) is 0 Å². The first-order valence-electron chi connectivity index (χ1n) is 9.83. The number of aromatic nitrogens is 3. The lowest BCUT2D eigenvalue weighted by Gasteiger charge is -2.01. The Morgan fingerprint density at radius 2 is 0.733 bits per heavy atom. The van der Waals surface area contributed by atoms with Crippen molar-refractivity contribution >= 4 is 82.5 Å². The van der Waals surface area contributed by atoms with Crippen LogP contribution in [-0.4, -0.2) is 15.0 Å². The third kappa shape index (κ3) is 1.78. The van der Waals surface area contributed by atoms with Gasteiger partial charge in [-0.2, -0.15) is 0 Å². The minimum atomic E-state index is 0.736. The molecular formula is C24H18N6. The Kier molecular flexibility index (Phi) is 2.59. The predicted octanol–water partition coefficient (Wildman–Crippen LogP) is 5.34. The van der Waals surface area contributed by atoms with Crippen LogP contribution in [0.25, 0.3) is 65.4 Å². The van der Waals surface area contributed by atoms with E-state index < -0.39 is 0 Å². The maximum atomic E-state index is 6.15. The van der Waals surface area contributed by atoms with Crippen molar-refractivity contribution in [3.8, 4) is 0 Å². The third-order valence-electron chi connectivity index (χ3n) is 6.22. The molecule has 0 fully saturated rings. The van der Waals surface area contributed by atoms with Gasteiger partial charge in [0, 0.05) is 65.9 Å². The van der Waals surface area contributed by atoms with Crippen molar-refractivity contribution in [1.82, 2.24) is 15.0 Å². The summed E-state index contributed by atoms with van der Waals surface area (Å²) in [6.45, 7) is 0. The molecule has 0 radical (unpaired) electrons. The monoisotopic (exact) mass is 390 g/mol. The molecular weight excluding hydrogens is 372 g/mol. The molecule has 0 saturated heterocycles. The van der Waals surface area contributed by atoms with Crippen LogP contribution in [0.3, 0.4) is 0 Å². The SMILES string of the molecule is Nc1ccc2[nH]c3c(c2c1)c1[nH]c2ccc(N)cc2c1c1[nH]c2ccc(N)cc2c31. The van der Waals surface area contributed by atoms with Gasteiger partial charge in [0.15, 0.2) is 0 Å². The molecule has 30 heavy (non-hydrogen) atoms. The molecule has 6 heteroatoms. The maximum absolute atomic E-state index is 6.15. The fourth-order valence-corrected chi connectivity index (χ4v) is 4.97. The van der Waals surface area contributed by atoms with Crippen LogP contribution >= 0.6 is 0 Å². The second-order valence-corrected chi connectivity index (χ2v) is 8.04. The van der Waals surface area contributed by atoms with Gasteiger partial charge in [0.05, 0.1) is 16.6 Å². The van der Waals surface area contributed by atoms with Gasteiger partial charge in [-0.05, 0) is 54.6 Å². The Labute approximate surface area is 169 Å². The molecule has 0 aliphatic rings.